The van der Waals surface area contributed by atoms with E-state index in [2.05, 4.69) is 19.9 Å². The molecule has 1 aromatic carbocycles. The molecule has 16 heteroatoms. The molecule has 5 rings (SSSR count). The van der Waals surface area contributed by atoms with Crippen LogP contribution in [0.2, 0.25) is 5.28 Å². The fourth-order valence-corrected chi connectivity index (χ4v) is 7.17. The number of nitrogens with zero attached hydrogens (tertiary/aromatic N) is 6. The van der Waals surface area contributed by atoms with Crippen LogP contribution in [-0.2, 0) is 40.7 Å². The second kappa shape index (κ2) is 13.4. The summed E-state index contributed by atoms with van der Waals surface area (Å²) in [6.07, 6.45) is 2.31. The molecule has 0 bridgehead atoms. The minimum atomic E-state index is -3.49. The molecule has 0 amide bonds. The molecular formula is C29H38ClN7O6S2. The highest BCUT2D eigenvalue weighted by molar-refractivity contribution is 7.90. The topological polar surface area (TPSA) is 171 Å². The first-order valence-corrected chi connectivity index (χ1v) is 19.0. The average molecular weight is 680 g/mol. The van der Waals surface area contributed by atoms with E-state index in [1.165, 1.54) is 6.26 Å². The molecule has 0 saturated carbocycles. The number of ether oxygens (including phenoxy) is 2. The summed E-state index contributed by atoms with van der Waals surface area (Å²) in [6.45, 7) is 7.17. The summed E-state index contributed by atoms with van der Waals surface area (Å²) in [4.78, 5) is 22.3. The van der Waals surface area contributed by atoms with Crippen LogP contribution in [0.5, 0.6) is 0 Å². The fourth-order valence-electron chi connectivity index (χ4n) is 5.59. The van der Waals surface area contributed by atoms with Crippen molar-refractivity contribution >= 4 is 42.9 Å². The second-order valence-electron chi connectivity index (χ2n) is 11.7. The van der Waals surface area contributed by atoms with E-state index in [1.54, 1.807) is 6.07 Å². The molecule has 4 heterocycles. The molecule has 2 aliphatic rings. The van der Waals surface area contributed by atoms with Gasteiger partial charge in [0, 0.05) is 42.8 Å². The molecule has 2 aromatic heterocycles. The first kappa shape index (κ1) is 33.4. The number of benzene rings is 1. The molecule has 1 unspecified atom stereocenters. The minimum Gasteiger partial charge on any atom is -0.377 e. The number of nitrogens with two attached hydrogens (primary N) is 1. The number of halogens is 1. The zero-order valence-electron chi connectivity index (χ0n) is 25.7. The first-order chi connectivity index (χ1) is 21.2. The summed E-state index contributed by atoms with van der Waals surface area (Å²) in [5.74, 6) is 0.900. The maximum Gasteiger partial charge on any atom is 0.224 e. The van der Waals surface area contributed by atoms with Crippen molar-refractivity contribution in [1.29, 1.82) is 0 Å². The van der Waals surface area contributed by atoms with E-state index >= 15 is 0 Å². The summed E-state index contributed by atoms with van der Waals surface area (Å²) in [6, 6.07) is 8.18. The Hall–Kier alpha value is -2.95. The van der Waals surface area contributed by atoms with Crippen LogP contribution in [0.3, 0.4) is 0 Å². The van der Waals surface area contributed by atoms with Gasteiger partial charge in [-0.3, -0.25) is 0 Å². The number of sulfone groups is 2. The lowest BCUT2D eigenvalue weighted by Crippen LogP contribution is -2.45. The Labute approximate surface area is 269 Å². The predicted octanol–water partition coefficient (Wildman–Crippen LogP) is 2.17. The Morgan fingerprint density at radius 3 is 2.07 bits per heavy atom. The molecule has 2 aliphatic heterocycles. The molecule has 13 nitrogen and oxygen atoms in total. The third kappa shape index (κ3) is 8.26. The molecule has 2 fully saturated rings. The number of anilines is 2. The van der Waals surface area contributed by atoms with Crippen LogP contribution in [-0.4, -0.2) is 101 Å². The van der Waals surface area contributed by atoms with Gasteiger partial charge in [-0.15, -0.1) is 0 Å². The van der Waals surface area contributed by atoms with Crippen molar-refractivity contribution in [2.75, 3.05) is 61.8 Å². The average Bonchev–Trinajstić information content (AvgIpc) is 2.95. The van der Waals surface area contributed by atoms with Gasteiger partial charge in [-0.2, -0.15) is 0 Å². The van der Waals surface area contributed by atoms with Crippen LogP contribution in [0.25, 0.3) is 11.4 Å². The van der Waals surface area contributed by atoms with Gasteiger partial charge in [0.25, 0.3) is 0 Å². The van der Waals surface area contributed by atoms with Crippen molar-refractivity contribution in [3.63, 3.8) is 0 Å². The van der Waals surface area contributed by atoms with E-state index in [-0.39, 0.29) is 34.6 Å². The van der Waals surface area contributed by atoms with Crippen molar-refractivity contribution in [2.24, 2.45) is 5.73 Å². The maximum absolute atomic E-state index is 12.4. The number of aromatic nitrogens is 4. The maximum atomic E-state index is 12.4. The van der Waals surface area contributed by atoms with E-state index < -0.39 is 25.7 Å². The monoisotopic (exact) mass is 679 g/mol. The zero-order valence-corrected chi connectivity index (χ0v) is 28.1. The third-order valence-electron chi connectivity index (χ3n) is 7.69. The molecule has 0 radical (unpaired) electrons. The predicted molar refractivity (Wildman–Crippen MR) is 173 cm³/mol. The summed E-state index contributed by atoms with van der Waals surface area (Å²) in [5.41, 5.74) is 9.31. The van der Waals surface area contributed by atoms with Gasteiger partial charge in [0.2, 0.25) is 5.28 Å². The van der Waals surface area contributed by atoms with Crippen molar-refractivity contribution in [1.82, 2.24) is 19.9 Å². The number of rotatable bonds is 9. The summed E-state index contributed by atoms with van der Waals surface area (Å²) in [5, 5.41) is -0.0647. The summed E-state index contributed by atoms with van der Waals surface area (Å²) < 4.78 is 60.4. The van der Waals surface area contributed by atoms with Gasteiger partial charge in [-0.05, 0) is 31.0 Å². The Morgan fingerprint density at radius 2 is 1.49 bits per heavy atom. The largest absolute Gasteiger partial charge is 0.377 e. The van der Waals surface area contributed by atoms with Gasteiger partial charge in [0.15, 0.2) is 25.5 Å². The highest BCUT2D eigenvalue weighted by atomic mass is 35.5. The van der Waals surface area contributed by atoms with Crippen LogP contribution in [0.15, 0.2) is 30.3 Å². The Kier molecular flexibility index (Phi) is 9.96. The fraction of sp³-hybridized carbons (Fsp3) is 0.517. The molecule has 0 aliphatic carbocycles. The van der Waals surface area contributed by atoms with Gasteiger partial charge < -0.3 is 25.0 Å². The summed E-state index contributed by atoms with van der Waals surface area (Å²) in [7, 11) is -6.84. The second-order valence-corrected chi connectivity index (χ2v) is 16.3. The van der Waals surface area contributed by atoms with Gasteiger partial charge >= 0.3 is 0 Å². The highest BCUT2D eigenvalue weighted by Gasteiger charge is 2.30. The number of hydrogen-bond donors (Lipinski definition) is 1. The molecule has 45 heavy (non-hydrogen) atoms. The molecule has 2 N–H and O–H groups in total. The quantitative estimate of drug-likeness (QED) is 0.327. The number of morpholine rings is 2. The van der Waals surface area contributed by atoms with Crippen LogP contribution in [0.1, 0.15) is 42.4 Å². The van der Waals surface area contributed by atoms with Crippen LogP contribution in [0, 0.1) is 0 Å². The van der Waals surface area contributed by atoms with Gasteiger partial charge in [-0.25, -0.2) is 36.8 Å². The normalized spacial score (nSPS) is 20.3. The zero-order chi connectivity index (χ0) is 32.5. The third-order valence-corrected chi connectivity index (χ3v) is 9.48. The number of hydrogen-bond acceptors (Lipinski definition) is 13. The Morgan fingerprint density at radius 1 is 0.889 bits per heavy atom. The first-order valence-electron chi connectivity index (χ1n) is 14.5. The molecule has 3 atom stereocenters. The van der Waals surface area contributed by atoms with Crippen molar-refractivity contribution in [2.45, 2.75) is 43.5 Å². The molecular weight excluding hydrogens is 642 g/mol. The van der Waals surface area contributed by atoms with Crippen LogP contribution < -0.4 is 15.5 Å². The van der Waals surface area contributed by atoms with Crippen LogP contribution >= 0.6 is 11.6 Å². The van der Waals surface area contributed by atoms with Gasteiger partial charge in [0.1, 0.15) is 11.6 Å². The lowest BCUT2D eigenvalue weighted by atomic mass is 9.96. The van der Waals surface area contributed by atoms with Crippen molar-refractivity contribution < 1.29 is 26.3 Å². The van der Waals surface area contributed by atoms with E-state index in [0.29, 0.717) is 79.4 Å². The standard InChI is InChI=1S/C29H38ClN7O6S2/c1-18-14-42-11-9-36(18)24-13-22(16-44(3,38)39)32-27(34-24)21-7-5-20(6-8-21)26(31)25-23(17-45(4,40)41)33-29(30)35-28(25)37-10-12-43-15-19(37)2/h5-8,13,18-19,26H,9-12,14-17,31H2,1-4H3/t18-,19-,26?/m0/s1. The highest BCUT2D eigenvalue weighted by Crippen LogP contribution is 2.35. The van der Waals surface area contributed by atoms with Crippen molar-refractivity contribution in [3.8, 4) is 11.4 Å². The van der Waals surface area contributed by atoms with Gasteiger partial charge in [-0.1, -0.05) is 24.3 Å². The van der Waals surface area contributed by atoms with E-state index in [9.17, 15) is 16.8 Å². The Balaban J connectivity index is 1.55. The molecule has 2 saturated heterocycles. The molecule has 3 aromatic rings. The smallest absolute Gasteiger partial charge is 0.224 e. The van der Waals surface area contributed by atoms with E-state index in [4.69, 9.17) is 31.8 Å². The summed E-state index contributed by atoms with van der Waals surface area (Å²) >= 11 is 6.31. The Bertz CT molecular complexity index is 1760. The SMILES string of the molecule is C[C@H]1COCCN1c1cc(CS(C)(=O)=O)nc(-c2ccc(C(N)c3c(CS(C)(=O)=O)nc(Cl)nc3N3CCOC[C@@H]3C)cc2)n1. The van der Waals surface area contributed by atoms with E-state index in [0.717, 1.165) is 6.26 Å². The molecule has 244 valence electrons. The lowest BCUT2D eigenvalue weighted by Gasteiger charge is -2.36. The lowest BCUT2D eigenvalue weighted by molar-refractivity contribution is 0.0984. The van der Waals surface area contributed by atoms with Crippen molar-refractivity contribution in [3.05, 3.63) is 58.1 Å². The molecule has 0 spiro atoms. The van der Waals surface area contributed by atoms with Crippen LogP contribution in [0.4, 0.5) is 11.6 Å². The van der Waals surface area contributed by atoms with Gasteiger partial charge in [0.05, 0.1) is 67.4 Å². The van der Waals surface area contributed by atoms with E-state index in [1.807, 2.05) is 43.0 Å². The minimum absolute atomic E-state index is 0.0520.